The number of rotatable bonds is 35. The molecule has 10 nitrogen and oxygen atoms in total. The highest BCUT2D eigenvalue weighted by molar-refractivity contribution is 6.27. The van der Waals surface area contributed by atoms with Crippen LogP contribution in [-0.2, 0) is 13.1 Å². The summed E-state index contributed by atoms with van der Waals surface area (Å²) in [7, 11) is 0. The number of alkyl halides is 8. The first-order valence-electron chi connectivity index (χ1n) is 36.9. The number of halogens is 8. The molecule has 2 heterocycles. The number of carbonyl (C=O) groups excluding carboxylic acids is 2. The Balaban J connectivity index is 0.861. The van der Waals surface area contributed by atoms with Gasteiger partial charge < -0.3 is 18.6 Å². The molecule has 0 saturated heterocycles. The SMILES string of the molecule is CCCCC(CC)Cn1c2ccc(C(CC(C)CC(C)(C)C)N=O)cc2c2cc(C(=O)c3ccc(OCC(F)(F)C(F)(F)C(F)(F)C(F)(F)COc4ccc(C(=O)c5cc6c7cc(C(CC(C)CC(C)(C)C)N=O)ccc7n(CC(CC)CCCC)c6c6ccccc56)cc4)cc3)c3ccccc3c21. The van der Waals surface area contributed by atoms with Gasteiger partial charge in [0, 0.05) is 78.7 Å². The van der Waals surface area contributed by atoms with Gasteiger partial charge in [-0.1, -0.05) is 193 Å². The molecule has 6 atom stereocenters. The number of carbonyl (C=O) groups is 2. The minimum Gasteiger partial charge on any atom is -0.487 e. The Hall–Kier alpha value is -8.54. The molecule has 0 bridgehead atoms. The van der Waals surface area contributed by atoms with Crippen LogP contribution in [0, 0.1) is 44.3 Å². The fourth-order valence-electron chi connectivity index (χ4n) is 15.7. The minimum absolute atomic E-state index is 0.0268. The van der Waals surface area contributed by atoms with Gasteiger partial charge >= 0.3 is 23.7 Å². The normalized spacial score (nSPS) is 14.7. The van der Waals surface area contributed by atoms with Crippen molar-refractivity contribution in [1.29, 1.82) is 0 Å². The zero-order valence-corrected chi connectivity index (χ0v) is 61.9. The van der Waals surface area contributed by atoms with Crippen LogP contribution >= 0.6 is 0 Å². The number of ether oxygens (including phenoxy) is 2. The van der Waals surface area contributed by atoms with E-state index in [4.69, 9.17) is 9.47 Å². The lowest BCUT2D eigenvalue weighted by Gasteiger charge is -2.36. The molecule has 2 aromatic heterocycles. The van der Waals surface area contributed by atoms with Gasteiger partial charge in [-0.25, -0.2) is 0 Å². The van der Waals surface area contributed by atoms with Crippen LogP contribution in [0.4, 0.5) is 35.1 Å². The lowest BCUT2D eigenvalue weighted by atomic mass is 9.82. The van der Waals surface area contributed by atoms with Crippen molar-refractivity contribution in [2.24, 2.45) is 44.9 Å². The van der Waals surface area contributed by atoms with Gasteiger partial charge in [0.1, 0.15) is 23.6 Å². The third kappa shape index (κ3) is 16.4. The van der Waals surface area contributed by atoms with Gasteiger partial charge in [0.15, 0.2) is 24.8 Å². The zero-order chi connectivity index (χ0) is 75.4. The highest BCUT2D eigenvalue weighted by atomic mass is 19.4. The molecule has 104 heavy (non-hydrogen) atoms. The number of nitroso groups, excluding NO2 is 2. The van der Waals surface area contributed by atoms with Crippen molar-refractivity contribution in [3.63, 3.8) is 0 Å². The molecule has 0 radical (unpaired) electrons. The number of nitrogens with zero attached hydrogens (tertiary/aromatic N) is 4. The maximum atomic E-state index is 15.6. The van der Waals surface area contributed by atoms with E-state index in [9.17, 15) is 19.4 Å². The van der Waals surface area contributed by atoms with Crippen molar-refractivity contribution in [3.05, 3.63) is 189 Å². The molecule has 554 valence electrons. The van der Waals surface area contributed by atoms with Gasteiger partial charge in [0.2, 0.25) is 0 Å². The smallest absolute Gasteiger partial charge is 0.381 e. The van der Waals surface area contributed by atoms with Crippen molar-refractivity contribution in [1.82, 2.24) is 9.13 Å². The predicted molar refractivity (Wildman–Crippen MR) is 404 cm³/mol. The van der Waals surface area contributed by atoms with E-state index < -0.39 is 72.1 Å². The molecule has 10 rings (SSSR count). The van der Waals surface area contributed by atoms with Crippen molar-refractivity contribution < 1.29 is 54.2 Å². The summed E-state index contributed by atoms with van der Waals surface area (Å²) >= 11 is 0. The number of fused-ring (bicyclic) bond motifs is 10. The van der Waals surface area contributed by atoms with E-state index >= 15 is 35.1 Å². The number of hydrogen-bond donors (Lipinski definition) is 0. The Bertz CT molecular complexity index is 4420. The van der Waals surface area contributed by atoms with Gasteiger partial charge in [0.25, 0.3) is 0 Å². The summed E-state index contributed by atoms with van der Waals surface area (Å²) in [5.74, 6) is -26.3. The fourth-order valence-corrected chi connectivity index (χ4v) is 15.7. The second-order valence-corrected chi connectivity index (χ2v) is 31.6. The molecule has 8 aromatic carbocycles. The van der Waals surface area contributed by atoms with Crippen LogP contribution in [0.1, 0.15) is 215 Å². The molecule has 10 aromatic rings. The van der Waals surface area contributed by atoms with Gasteiger partial charge in [-0.15, -0.1) is 0 Å². The highest BCUT2D eigenvalue weighted by Crippen LogP contribution is 2.53. The van der Waals surface area contributed by atoms with Crippen molar-refractivity contribution in [2.75, 3.05) is 13.2 Å². The number of hydrogen-bond acceptors (Lipinski definition) is 8. The maximum absolute atomic E-state index is 15.6. The van der Waals surface area contributed by atoms with Crippen LogP contribution in [0.25, 0.3) is 65.2 Å². The molecule has 0 fully saturated rings. The van der Waals surface area contributed by atoms with E-state index in [2.05, 4.69) is 103 Å². The van der Waals surface area contributed by atoms with Gasteiger partial charge in [-0.2, -0.15) is 44.9 Å². The third-order valence-electron chi connectivity index (χ3n) is 20.8. The summed E-state index contributed by atoms with van der Waals surface area (Å²) in [6.07, 6.45) is 10.9. The molecule has 6 unspecified atom stereocenters. The minimum atomic E-state index is -6.72. The molecule has 0 spiro atoms. The summed E-state index contributed by atoms with van der Waals surface area (Å²) in [5.41, 5.74) is 5.74. The maximum Gasteiger partial charge on any atom is 0.381 e. The third-order valence-corrected chi connectivity index (χ3v) is 20.8. The molecule has 0 aliphatic heterocycles. The van der Waals surface area contributed by atoms with Crippen molar-refractivity contribution in [3.8, 4) is 11.5 Å². The van der Waals surface area contributed by atoms with E-state index in [1.165, 1.54) is 24.3 Å². The van der Waals surface area contributed by atoms with E-state index in [0.29, 0.717) is 48.5 Å². The number of ketones is 2. The number of benzene rings is 8. The van der Waals surface area contributed by atoms with Crippen LogP contribution < -0.4 is 9.47 Å². The van der Waals surface area contributed by atoms with Gasteiger partial charge in [-0.05, 0) is 180 Å². The van der Waals surface area contributed by atoms with Gasteiger partial charge in [-0.3, -0.25) is 9.59 Å². The van der Waals surface area contributed by atoms with Crippen molar-refractivity contribution >= 4 is 76.7 Å². The molecule has 18 heteroatoms. The van der Waals surface area contributed by atoms with E-state index in [-0.39, 0.29) is 44.9 Å². The second kappa shape index (κ2) is 31.6. The Kier molecular flexibility index (Phi) is 23.8. The zero-order valence-electron chi connectivity index (χ0n) is 61.9. The van der Waals surface area contributed by atoms with Crippen LogP contribution in [0.5, 0.6) is 11.5 Å². The van der Waals surface area contributed by atoms with E-state index in [1.807, 2.05) is 72.8 Å². The second-order valence-electron chi connectivity index (χ2n) is 31.6. The molecule has 0 aliphatic rings. The molecular formula is C86H98F8N4O6. The van der Waals surface area contributed by atoms with Gasteiger partial charge in [0.05, 0.1) is 11.0 Å². The highest BCUT2D eigenvalue weighted by Gasteiger charge is 2.81. The summed E-state index contributed by atoms with van der Waals surface area (Å²) in [6, 6.07) is 37.9. The Morgan fingerprint density at radius 3 is 1.11 bits per heavy atom. The molecule has 0 amide bonds. The Morgan fingerprint density at radius 1 is 0.442 bits per heavy atom. The average Bonchev–Trinajstić information content (AvgIpc) is 1.50. The van der Waals surface area contributed by atoms with Crippen molar-refractivity contribution in [2.45, 2.75) is 209 Å². The van der Waals surface area contributed by atoms with Crippen LogP contribution in [0.15, 0.2) is 156 Å². The summed E-state index contributed by atoms with van der Waals surface area (Å²) < 4.78 is 139. The van der Waals surface area contributed by atoms with Crippen LogP contribution in [0.2, 0.25) is 0 Å². The lowest BCUT2D eigenvalue weighted by molar-refractivity contribution is -0.371. The Labute approximate surface area is 604 Å². The fraction of sp³-hybridized carbons (Fsp3) is 0.465. The molecule has 0 saturated carbocycles. The molecule has 0 N–H and O–H groups in total. The van der Waals surface area contributed by atoms with E-state index in [0.717, 1.165) is 154 Å². The molecule has 0 aliphatic carbocycles. The quantitative estimate of drug-likeness (QED) is 0.0222. The topological polar surface area (TPSA) is 121 Å². The Morgan fingerprint density at radius 2 is 0.788 bits per heavy atom. The summed E-state index contributed by atoms with van der Waals surface area (Å²) in [4.78, 5) is 54.7. The van der Waals surface area contributed by atoms with Crippen LogP contribution in [0.3, 0.4) is 0 Å². The first-order valence-corrected chi connectivity index (χ1v) is 36.9. The van der Waals surface area contributed by atoms with E-state index in [1.54, 1.807) is 24.3 Å². The lowest BCUT2D eigenvalue weighted by Crippen LogP contribution is -2.65. The standard InChI is InChI=1S/C86H98F8N4O6/c1-13-17-23-55(15-3)49-97-75-39-33-59(73(95-101)41-53(5)47-81(7,8)9)43-67(75)69-45-71(63-25-19-21-27-65(63)77(69)97)79(99)57-29-35-61(36-30-57)103-51-83(87,88)85(91,92)86(93,94)84(89,90)52-104-62-37-31-58(32-38-62)80(100)72-46-70-68-44-60(74(96-102)42-54(6)48-82(10,11)12)34-40-76(68)98(50-56(16-4)24-18-14-2)78(70)66-28-22-20-26-64(66)72/h19-22,25-40,43-46,53-56,73-74H,13-18,23-24,41-42,47-52H2,1-12H3. The monoisotopic (exact) mass is 1430 g/mol. The average molecular weight is 1440 g/mol. The molecular weight excluding hydrogens is 1340 g/mol. The first-order chi connectivity index (χ1) is 49.2. The summed E-state index contributed by atoms with van der Waals surface area (Å²) in [6.45, 7) is 22.2. The first kappa shape index (κ1) is 78.1. The number of aromatic nitrogens is 2. The summed E-state index contributed by atoms with van der Waals surface area (Å²) in [5, 5.41) is 13.1. The predicted octanol–water partition coefficient (Wildman–Crippen LogP) is 25.6. The number of unbranched alkanes of at least 4 members (excludes halogenated alkanes) is 2. The van der Waals surface area contributed by atoms with Crippen LogP contribution in [-0.4, -0.2) is 57.6 Å². The largest absolute Gasteiger partial charge is 0.487 e.